The second-order valence-electron chi connectivity index (χ2n) is 7.32. The van der Waals surface area contributed by atoms with E-state index in [1.54, 1.807) is 62.4 Å². The van der Waals surface area contributed by atoms with Crippen LogP contribution in [0.5, 0.6) is 5.75 Å². The number of carbonyl (C=O) groups excluding carboxylic acids is 3. The Balaban J connectivity index is 1.79. The third-order valence-electron chi connectivity index (χ3n) is 4.91. The number of anilines is 2. The number of hydrogen-bond donors (Lipinski definition) is 1. The van der Waals surface area contributed by atoms with Crippen molar-refractivity contribution in [1.82, 2.24) is 0 Å². The maximum absolute atomic E-state index is 13.2. The summed E-state index contributed by atoms with van der Waals surface area (Å²) >= 11 is 0. The van der Waals surface area contributed by atoms with Crippen LogP contribution < -0.4 is 15.0 Å². The lowest BCUT2D eigenvalue weighted by Crippen LogP contribution is -2.60. The Morgan fingerprint density at radius 3 is 2.48 bits per heavy atom. The molecule has 29 heavy (non-hydrogen) atoms. The van der Waals surface area contributed by atoms with Gasteiger partial charge in [-0.3, -0.25) is 19.3 Å². The first-order valence-corrected chi connectivity index (χ1v) is 9.31. The molecule has 7 heteroatoms. The zero-order chi connectivity index (χ0) is 21.2. The minimum absolute atomic E-state index is 0.0257. The molecular weight excluding hydrogens is 372 g/mol. The molecule has 0 aliphatic carbocycles. The zero-order valence-electron chi connectivity index (χ0n) is 16.9. The van der Waals surface area contributed by atoms with E-state index in [9.17, 15) is 14.4 Å². The van der Waals surface area contributed by atoms with Crippen molar-refractivity contribution in [2.75, 3.05) is 17.3 Å². The van der Waals surface area contributed by atoms with Crippen molar-refractivity contribution in [3.63, 3.8) is 0 Å². The molecule has 1 heterocycles. The molecule has 1 aliphatic heterocycles. The number of nitrogens with zero attached hydrogens (tertiary/aromatic N) is 1. The van der Waals surface area contributed by atoms with Gasteiger partial charge in [0.1, 0.15) is 11.3 Å². The van der Waals surface area contributed by atoms with Crippen LogP contribution in [0.2, 0.25) is 0 Å². The highest BCUT2D eigenvalue weighted by molar-refractivity contribution is 6.15. The molecule has 152 valence electrons. The van der Waals surface area contributed by atoms with Crippen molar-refractivity contribution >= 4 is 29.2 Å². The minimum Gasteiger partial charge on any atom is -0.496 e. The summed E-state index contributed by atoms with van der Waals surface area (Å²) < 4.78 is 10.6. The van der Waals surface area contributed by atoms with Crippen LogP contribution in [0.25, 0.3) is 0 Å². The van der Waals surface area contributed by atoms with Gasteiger partial charge in [0, 0.05) is 5.56 Å². The van der Waals surface area contributed by atoms with Gasteiger partial charge in [0.05, 0.1) is 24.9 Å². The second-order valence-corrected chi connectivity index (χ2v) is 7.32. The van der Waals surface area contributed by atoms with E-state index in [4.69, 9.17) is 9.47 Å². The highest BCUT2D eigenvalue weighted by Crippen LogP contribution is 2.37. The average Bonchev–Trinajstić information content (AvgIpc) is 2.68. The fraction of sp³-hybridized carbons (Fsp3) is 0.318. The SMILES string of the molecule is COc1ccccc1CC(=O)O[C@H](C)C(=O)N1c2ccccc2NC(=O)C1(C)C. The molecule has 0 saturated carbocycles. The zero-order valence-corrected chi connectivity index (χ0v) is 16.9. The van der Waals surface area contributed by atoms with Crippen molar-refractivity contribution in [1.29, 1.82) is 0 Å². The lowest BCUT2D eigenvalue weighted by Gasteiger charge is -2.42. The molecule has 0 bridgehead atoms. The van der Waals surface area contributed by atoms with E-state index in [0.717, 1.165) is 0 Å². The number of benzene rings is 2. The standard InChI is InChI=1S/C22H24N2O5/c1-14(29-19(25)13-15-9-5-8-12-18(15)28-4)20(26)24-17-11-7-6-10-16(17)23-21(27)22(24,2)3/h5-12,14H,13H2,1-4H3,(H,23,27)/t14-/m1/s1. The van der Waals surface area contributed by atoms with Gasteiger partial charge in [0.25, 0.3) is 5.91 Å². The number of methoxy groups -OCH3 is 1. The predicted molar refractivity (Wildman–Crippen MR) is 109 cm³/mol. The van der Waals surface area contributed by atoms with Crippen LogP contribution in [0.15, 0.2) is 48.5 Å². The van der Waals surface area contributed by atoms with Crippen LogP contribution in [0.1, 0.15) is 26.3 Å². The molecule has 0 radical (unpaired) electrons. The summed E-state index contributed by atoms with van der Waals surface area (Å²) in [7, 11) is 1.53. The largest absolute Gasteiger partial charge is 0.496 e. The third-order valence-corrected chi connectivity index (χ3v) is 4.91. The Morgan fingerprint density at radius 1 is 1.10 bits per heavy atom. The third kappa shape index (κ3) is 3.94. The molecule has 3 rings (SSSR count). The lowest BCUT2D eigenvalue weighted by atomic mass is 9.95. The number of hydrogen-bond acceptors (Lipinski definition) is 5. The van der Waals surface area contributed by atoms with Crippen LogP contribution >= 0.6 is 0 Å². The van der Waals surface area contributed by atoms with Crippen molar-refractivity contribution in [3.8, 4) is 5.75 Å². The van der Waals surface area contributed by atoms with Crippen molar-refractivity contribution in [3.05, 3.63) is 54.1 Å². The van der Waals surface area contributed by atoms with Gasteiger partial charge in [-0.05, 0) is 39.0 Å². The van der Waals surface area contributed by atoms with Gasteiger partial charge in [-0.2, -0.15) is 0 Å². The minimum atomic E-state index is -1.13. The smallest absolute Gasteiger partial charge is 0.311 e. The molecule has 1 N–H and O–H groups in total. The molecule has 0 spiro atoms. The summed E-state index contributed by atoms with van der Waals surface area (Å²) in [6, 6.07) is 14.1. The Morgan fingerprint density at radius 2 is 1.76 bits per heavy atom. The Bertz CT molecular complexity index is 954. The average molecular weight is 396 g/mol. The quantitative estimate of drug-likeness (QED) is 0.786. The van der Waals surface area contributed by atoms with E-state index >= 15 is 0 Å². The number of rotatable bonds is 5. The molecule has 7 nitrogen and oxygen atoms in total. The summed E-state index contributed by atoms with van der Waals surface area (Å²) in [4.78, 5) is 39.5. The number of para-hydroxylation sites is 3. The summed E-state index contributed by atoms with van der Waals surface area (Å²) in [5.74, 6) is -0.753. The van der Waals surface area contributed by atoms with Crippen LogP contribution in [0.3, 0.4) is 0 Å². The van der Waals surface area contributed by atoms with Gasteiger partial charge in [0.15, 0.2) is 6.10 Å². The molecule has 2 aromatic carbocycles. The Hall–Kier alpha value is -3.35. The van der Waals surface area contributed by atoms with E-state index in [1.807, 2.05) is 0 Å². The van der Waals surface area contributed by atoms with Gasteiger partial charge in [-0.25, -0.2) is 0 Å². The monoisotopic (exact) mass is 396 g/mol. The fourth-order valence-electron chi connectivity index (χ4n) is 3.32. The van der Waals surface area contributed by atoms with E-state index in [1.165, 1.54) is 18.9 Å². The molecule has 1 atom stereocenters. The number of ether oxygens (including phenoxy) is 2. The maximum atomic E-state index is 13.2. The fourth-order valence-corrected chi connectivity index (χ4v) is 3.32. The topological polar surface area (TPSA) is 84.9 Å². The molecule has 0 fully saturated rings. The number of carbonyl (C=O) groups is 3. The highest BCUT2D eigenvalue weighted by Gasteiger charge is 2.45. The summed E-state index contributed by atoms with van der Waals surface area (Å²) in [5.41, 5.74) is 0.643. The van der Waals surface area contributed by atoms with E-state index in [0.29, 0.717) is 22.7 Å². The first-order valence-electron chi connectivity index (χ1n) is 9.31. The van der Waals surface area contributed by atoms with Crippen molar-refractivity contribution in [2.24, 2.45) is 0 Å². The number of amides is 2. The van der Waals surface area contributed by atoms with Crippen LogP contribution in [0.4, 0.5) is 11.4 Å². The van der Waals surface area contributed by atoms with Gasteiger partial charge in [-0.1, -0.05) is 30.3 Å². The van der Waals surface area contributed by atoms with Crippen molar-refractivity contribution < 1.29 is 23.9 Å². The first-order chi connectivity index (χ1) is 13.8. The predicted octanol–water partition coefficient (Wildman–Crippen LogP) is 2.93. The van der Waals surface area contributed by atoms with Crippen LogP contribution in [-0.4, -0.2) is 36.5 Å². The van der Waals surface area contributed by atoms with Gasteiger partial charge in [-0.15, -0.1) is 0 Å². The molecule has 1 aliphatic rings. The van der Waals surface area contributed by atoms with Crippen molar-refractivity contribution in [2.45, 2.75) is 38.8 Å². The van der Waals surface area contributed by atoms with Gasteiger partial charge >= 0.3 is 5.97 Å². The van der Waals surface area contributed by atoms with Gasteiger partial charge in [0.2, 0.25) is 5.91 Å². The summed E-state index contributed by atoms with van der Waals surface area (Å²) in [6.07, 6.45) is -1.09. The highest BCUT2D eigenvalue weighted by atomic mass is 16.5. The van der Waals surface area contributed by atoms with E-state index in [2.05, 4.69) is 5.32 Å². The maximum Gasteiger partial charge on any atom is 0.311 e. The summed E-state index contributed by atoms with van der Waals surface area (Å²) in [6.45, 7) is 4.81. The lowest BCUT2D eigenvalue weighted by molar-refractivity contribution is -0.153. The Kier molecular flexibility index (Phi) is 5.59. The molecule has 0 saturated heterocycles. The first kappa shape index (κ1) is 20.4. The van der Waals surface area contributed by atoms with Crippen LogP contribution in [0, 0.1) is 0 Å². The molecular formula is C22H24N2O5. The molecule has 0 unspecified atom stereocenters. The van der Waals surface area contributed by atoms with E-state index in [-0.39, 0.29) is 12.3 Å². The molecule has 2 amide bonds. The second kappa shape index (κ2) is 7.95. The van der Waals surface area contributed by atoms with Gasteiger partial charge < -0.3 is 14.8 Å². The summed E-state index contributed by atoms with van der Waals surface area (Å²) in [5, 5.41) is 2.81. The van der Waals surface area contributed by atoms with E-state index < -0.39 is 23.5 Å². The molecule has 2 aromatic rings. The number of fused-ring (bicyclic) bond motifs is 1. The number of nitrogens with one attached hydrogen (secondary N) is 1. The Labute approximate surface area is 169 Å². The normalized spacial score (nSPS) is 15.7. The number of esters is 1. The van der Waals surface area contributed by atoms with Crippen LogP contribution in [-0.2, 0) is 25.5 Å². The molecule has 0 aromatic heterocycles.